The fourth-order valence-corrected chi connectivity index (χ4v) is 4.47. The molecule has 2 aromatic heterocycles. The van der Waals surface area contributed by atoms with Gasteiger partial charge in [0.2, 0.25) is 5.95 Å². The quantitative estimate of drug-likeness (QED) is 0.364. The topological polar surface area (TPSA) is 82.6 Å². The first-order valence-electron chi connectivity index (χ1n) is 10.3. The summed E-state index contributed by atoms with van der Waals surface area (Å²) >= 11 is 1.37. The van der Waals surface area contributed by atoms with Gasteiger partial charge >= 0.3 is 0 Å². The molecule has 4 rings (SSSR count). The van der Waals surface area contributed by atoms with E-state index in [0.717, 1.165) is 37.6 Å². The molecule has 0 N–H and O–H groups in total. The summed E-state index contributed by atoms with van der Waals surface area (Å²) in [7, 11) is 3.13. The van der Waals surface area contributed by atoms with Gasteiger partial charge < -0.3 is 18.8 Å². The molecule has 3 aromatic rings. The van der Waals surface area contributed by atoms with Crippen molar-refractivity contribution < 1.29 is 18.7 Å². The highest BCUT2D eigenvalue weighted by Crippen LogP contribution is 2.29. The first-order chi connectivity index (χ1) is 15.2. The van der Waals surface area contributed by atoms with E-state index in [1.165, 1.54) is 18.2 Å². The van der Waals surface area contributed by atoms with Crippen molar-refractivity contribution in [1.29, 1.82) is 0 Å². The van der Waals surface area contributed by atoms with Crippen LogP contribution in [0.3, 0.4) is 0 Å². The van der Waals surface area contributed by atoms with E-state index in [1.807, 2.05) is 16.7 Å². The molecule has 1 fully saturated rings. The Morgan fingerprint density at radius 1 is 1.13 bits per heavy atom. The number of nitrogens with zero attached hydrogens (tertiary/aromatic N) is 4. The number of benzene rings is 1. The maximum atomic E-state index is 12.9. The summed E-state index contributed by atoms with van der Waals surface area (Å²) in [5, 5.41) is 9.54. The van der Waals surface area contributed by atoms with Crippen molar-refractivity contribution in [3.05, 3.63) is 47.9 Å². The van der Waals surface area contributed by atoms with E-state index in [2.05, 4.69) is 15.1 Å². The molecule has 0 aliphatic carbocycles. The number of hydrogen-bond donors (Lipinski definition) is 0. The van der Waals surface area contributed by atoms with E-state index in [1.54, 1.807) is 38.7 Å². The van der Waals surface area contributed by atoms with Gasteiger partial charge in [-0.25, -0.2) is 0 Å². The number of piperidine rings is 1. The van der Waals surface area contributed by atoms with Crippen LogP contribution in [0, 0.1) is 0 Å². The van der Waals surface area contributed by atoms with Gasteiger partial charge in [-0.1, -0.05) is 11.8 Å². The highest BCUT2D eigenvalue weighted by atomic mass is 32.2. The Balaban J connectivity index is 1.54. The van der Waals surface area contributed by atoms with Crippen LogP contribution < -0.4 is 14.4 Å². The fraction of sp³-hybridized carbons (Fsp3) is 0.409. The normalized spacial score (nSPS) is 13.9. The molecule has 0 bridgehead atoms. The zero-order valence-corrected chi connectivity index (χ0v) is 18.6. The Morgan fingerprint density at radius 3 is 2.68 bits per heavy atom. The second-order valence-electron chi connectivity index (χ2n) is 7.27. The summed E-state index contributed by atoms with van der Waals surface area (Å²) in [6.45, 7) is 2.44. The summed E-state index contributed by atoms with van der Waals surface area (Å²) in [5.74, 6) is 2.97. The van der Waals surface area contributed by atoms with Crippen LogP contribution in [0.4, 0.5) is 5.95 Å². The van der Waals surface area contributed by atoms with Crippen LogP contribution in [0.25, 0.3) is 0 Å². The van der Waals surface area contributed by atoms with Crippen molar-refractivity contribution in [3.63, 3.8) is 0 Å². The molecule has 1 aliphatic heterocycles. The molecular weight excluding hydrogens is 416 g/mol. The van der Waals surface area contributed by atoms with Crippen LogP contribution in [0.5, 0.6) is 11.5 Å². The van der Waals surface area contributed by atoms with Crippen LogP contribution in [-0.4, -0.2) is 53.6 Å². The van der Waals surface area contributed by atoms with E-state index in [0.29, 0.717) is 28.8 Å². The first-order valence-corrected chi connectivity index (χ1v) is 11.3. The van der Waals surface area contributed by atoms with Crippen LogP contribution in [-0.2, 0) is 6.54 Å². The highest BCUT2D eigenvalue weighted by Gasteiger charge is 2.22. The second kappa shape index (κ2) is 9.91. The van der Waals surface area contributed by atoms with Gasteiger partial charge in [-0.3, -0.25) is 9.36 Å². The molecule has 0 spiro atoms. The van der Waals surface area contributed by atoms with Gasteiger partial charge in [-0.2, -0.15) is 0 Å². The number of carbonyl (C=O) groups is 1. The van der Waals surface area contributed by atoms with E-state index in [4.69, 9.17) is 13.9 Å². The van der Waals surface area contributed by atoms with Crippen LogP contribution in [0.1, 0.15) is 35.4 Å². The van der Waals surface area contributed by atoms with Crippen molar-refractivity contribution in [1.82, 2.24) is 14.8 Å². The molecule has 1 saturated heterocycles. The highest BCUT2D eigenvalue weighted by molar-refractivity contribution is 7.99. The van der Waals surface area contributed by atoms with Gasteiger partial charge in [0.1, 0.15) is 17.3 Å². The molecule has 0 unspecified atom stereocenters. The fourth-order valence-electron chi connectivity index (χ4n) is 3.65. The zero-order chi connectivity index (χ0) is 21.6. The number of anilines is 1. The molecule has 3 heterocycles. The Labute approximate surface area is 185 Å². The minimum atomic E-state index is -0.0448. The maximum absolute atomic E-state index is 12.9. The summed E-state index contributed by atoms with van der Waals surface area (Å²) in [5.41, 5.74) is 0.518. The minimum Gasteiger partial charge on any atom is -0.497 e. The third-order valence-electron chi connectivity index (χ3n) is 5.27. The molecule has 1 aliphatic rings. The van der Waals surface area contributed by atoms with Crippen molar-refractivity contribution in [3.8, 4) is 11.5 Å². The van der Waals surface area contributed by atoms with Gasteiger partial charge in [-0.05, 0) is 43.5 Å². The van der Waals surface area contributed by atoms with Gasteiger partial charge in [-0.15, -0.1) is 10.2 Å². The molecule has 31 heavy (non-hydrogen) atoms. The second-order valence-corrected chi connectivity index (χ2v) is 8.22. The largest absolute Gasteiger partial charge is 0.497 e. The summed E-state index contributed by atoms with van der Waals surface area (Å²) in [6, 6.07) is 9.00. The smallest absolute Gasteiger partial charge is 0.228 e. The lowest BCUT2D eigenvalue weighted by Gasteiger charge is -2.27. The van der Waals surface area contributed by atoms with E-state index < -0.39 is 0 Å². The number of ether oxygens (including phenoxy) is 2. The Bertz CT molecular complexity index is 1010. The molecule has 9 heteroatoms. The predicted octanol–water partition coefficient (Wildman–Crippen LogP) is 3.90. The van der Waals surface area contributed by atoms with Crippen LogP contribution in [0.15, 0.2) is 46.2 Å². The summed E-state index contributed by atoms with van der Waals surface area (Å²) in [4.78, 5) is 15.2. The Kier molecular flexibility index (Phi) is 6.81. The van der Waals surface area contributed by atoms with Crippen molar-refractivity contribution in [2.45, 2.75) is 31.0 Å². The lowest BCUT2D eigenvalue weighted by Crippen LogP contribution is -2.32. The Hall–Kier alpha value is -2.94. The minimum absolute atomic E-state index is 0.0448. The summed E-state index contributed by atoms with van der Waals surface area (Å²) in [6.07, 6.45) is 5.19. The SMILES string of the molecule is COc1ccc(C(=O)CSc2nnc(N3CCCCC3)n2Cc2ccco2)c(OC)c1. The average Bonchev–Trinajstić information content (AvgIpc) is 3.48. The number of furan rings is 1. The average molecular weight is 443 g/mol. The number of hydrogen-bond acceptors (Lipinski definition) is 8. The third-order valence-corrected chi connectivity index (χ3v) is 6.24. The van der Waals surface area contributed by atoms with Gasteiger partial charge in [0.15, 0.2) is 10.9 Å². The molecular formula is C22H26N4O4S. The number of ketones is 1. The lowest BCUT2D eigenvalue weighted by atomic mass is 10.1. The molecule has 0 atom stereocenters. The monoisotopic (exact) mass is 442 g/mol. The van der Waals surface area contributed by atoms with E-state index >= 15 is 0 Å². The van der Waals surface area contributed by atoms with Crippen molar-refractivity contribution >= 4 is 23.5 Å². The number of rotatable bonds is 9. The molecule has 1 aromatic carbocycles. The third kappa shape index (κ3) is 4.87. The van der Waals surface area contributed by atoms with Crippen LogP contribution >= 0.6 is 11.8 Å². The Morgan fingerprint density at radius 2 is 1.97 bits per heavy atom. The first kappa shape index (κ1) is 21.3. The summed E-state index contributed by atoms with van der Waals surface area (Å²) < 4.78 is 18.2. The molecule has 0 saturated carbocycles. The van der Waals surface area contributed by atoms with Crippen molar-refractivity contribution in [2.75, 3.05) is 38.0 Å². The molecule has 8 nitrogen and oxygen atoms in total. The van der Waals surface area contributed by atoms with E-state index in [9.17, 15) is 4.79 Å². The van der Waals surface area contributed by atoms with E-state index in [-0.39, 0.29) is 11.5 Å². The number of Topliss-reactive ketones (excluding diaryl/α,β-unsaturated/α-hetero) is 1. The maximum Gasteiger partial charge on any atom is 0.228 e. The van der Waals surface area contributed by atoms with Crippen LogP contribution in [0.2, 0.25) is 0 Å². The van der Waals surface area contributed by atoms with Gasteiger partial charge in [0.25, 0.3) is 0 Å². The number of methoxy groups -OCH3 is 2. The lowest BCUT2D eigenvalue weighted by molar-refractivity contribution is 0.101. The number of aromatic nitrogens is 3. The molecule has 164 valence electrons. The standard InChI is InChI=1S/C22H26N4O4S/c1-28-16-8-9-18(20(13-16)29-2)19(27)15-31-22-24-23-21(25-10-4-3-5-11-25)26(22)14-17-7-6-12-30-17/h6-9,12-13H,3-5,10-11,14-15H2,1-2H3. The molecule has 0 amide bonds. The van der Waals surface area contributed by atoms with Gasteiger partial charge in [0, 0.05) is 19.2 Å². The van der Waals surface area contributed by atoms with Gasteiger partial charge in [0.05, 0.1) is 38.3 Å². The molecule has 0 radical (unpaired) electrons. The zero-order valence-electron chi connectivity index (χ0n) is 17.7. The van der Waals surface area contributed by atoms with Crippen molar-refractivity contribution in [2.24, 2.45) is 0 Å². The predicted molar refractivity (Wildman–Crippen MR) is 118 cm³/mol. The number of carbonyl (C=O) groups excluding carboxylic acids is 1. The number of thioether (sulfide) groups is 1.